The summed E-state index contributed by atoms with van der Waals surface area (Å²) in [7, 11) is 0. The van der Waals surface area contributed by atoms with Crippen molar-refractivity contribution in [2.24, 2.45) is 11.7 Å². The van der Waals surface area contributed by atoms with Crippen LogP contribution in [0.25, 0.3) is 0 Å². The maximum atomic E-state index is 11.9. The van der Waals surface area contributed by atoms with Crippen LogP contribution in [0, 0.1) is 5.92 Å². The molecule has 1 aliphatic rings. The lowest BCUT2D eigenvalue weighted by molar-refractivity contribution is -0.192. The number of halogens is 3. The second kappa shape index (κ2) is 4.98. The maximum absolute atomic E-state index is 11.9. The molecule has 1 aliphatic carbocycles. The Balaban J connectivity index is 2.33. The third-order valence-corrected chi connectivity index (χ3v) is 2.60. The minimum Gasteiger partial charge on any atom is -0.368 e. The van der Waals surface area contributed by atoms with Gasteiger partial charge < -0.3 is 10.5 Å². The van der Waals surface area contributed by atoms with E-state index in [4.69, 9.17) is 10.5 Å². The SMILES string of the molecule is NC[C@@H]1CCCC[C@H]1OCC(F)(F)F. The van der Waals surface area contributed by atoms with E-state index in [1.165, 1.54) is 0 Å². The molecule has 0 saturated heterocycles. The van der Waals surface area contributed by atoms with Crippen LogP contribution in [0.5, 0.6) is 0 Å². The van der Waals surface area contributed by atoms with Gasteiger partial charge in [0.25, 0.3) is 0 Å². The molecule has 0 heterocycles. The monoisotopic (exact) mass is 211 g/mol. The predicted molar refractivity (Wildman–Crippen MR) is 46.8 cm³/mol. The Hall–Kier alpha value is -0.290. The van der Waals surface area contributed by atoms with Gasteiger partial charge in [0.1, 0.15) is 6.61 Å². The minimum absolute atomic E-state index is 0.103. The summed E-state index contributed by atoms with van der Waals surface area (Å²) in [5.41, 5.74) is 5.47. The molecular weight excluding hydrogens is 195 g/mol. The van der Waals surface area contributed by atoms with Crippen molar-refractivity contribution >= 4 is 0 Å². The van der Waals surface area contributed by atoms with Crippen molar-refractivity contribution in [1.82, 2.24) is 0 Å². The van der Waals surface area contributed by atoms with Gasteiger partial charge in [-0.3, -0.25) is 0 Å². The fourth-order valence-corrected chi connectivity index (χ4v) is 1.86. The molecule has 2 nitrogen and oxygen atoms in total. The summed E-state index contributed by atoms with van der Waals surface area (Å²) in [6.45, 7) is -0.726. The number of hydrogen-bond donors (Lipinski definition) is 1. The van der Waals surface area contributed by atoms with Gasteiger partial charge in [-0.25, -0.2) is 0 Å². The van der Waals surface area contributed by atoms with Crippen molar-refractivity contribution in [2.75, 3.05) is 13.2 Å². The molecule has 0 radical (unpaired) electrons. The van der Waals surface area contributed by atoms with E-state index in [1.54, 1.807) is 0 Å². The van der Waals surface area contributed by atoms with Crippen molar-refractivity contribution < 1.29 is 17.9 Å². The summed E-state index contributed by atoms with van der Waals surface area (Å²) in [6.07, 6.45) is -0.935. The Morgan fingerprint density at radius 2 is 1.86 bits per heavy atom. The van der Waals surface area contributed by atoms with Crippen LogP contribution in [-0.4, -0.2) is 25.4 Å². The Kier molecular flexibility index (Phi) is 4.19. The first kappa shape index (κ1) is 11.8. The van der Waals surface area contributed by atoms with E-state index in [1.807, 2.05) is 0 Å². The quantitative estimate of drug-likeness (QED) is 0.775. The van der Waals surface area contributed by atoms with Crippen molar-refractivity contribution in [3.63, 3.8) is 0 Å². The van der Waals surface area contributed by atoms with E-state index in [9.17, 15) is 13.2 Å². The summed E-state index contributed by atoms with van der Waals surface area (Å²) in [4.78, 5) is 0. The molecule has 0 bridgehead atoms. The molecule has 0 spiro atoms. The van der Waals surface area contributed by atoms with Crippen molar-refractivity contribution in [1.29, 1.82) is 0 Å². The van der Waals surface area contributed by atoms with Crippen LogP contribution < -0.4 is 5.73 Å². The van der Waals surface area contributed by atoms with Crippen molar-refractivity contribution in [3.05, 3.63) is 0 Å². The average molecular weight is 211 g/mol. The molecule has 14 heavy (non-hydrogen) atoms. The van der Waals surface area contributed by atoms with E-state index < -0.39 is 12.8 Å². The van der Waals surface area contributed by atoms with Crippen LogP contribution in [0.2, 0.25) is 0 Å². The zero-order chi connectivity index (χ0) is 10.6. The highest BCUT2D eigenvalue weighted by Crippen LogP contribution is 2.27. The Bertz CT molecular complexity index is 172. The zero-order valence-electron chi connectivity index (χ0n) is 8.02. The molecule has 0 unspecified atom stereocenters. The van der Waals surface area contributed by atoms with Gasteiger partial charge in [-0.05, 0) is 25.3 Å². The van der Waals surface area contributed by atoms with Gasteiger partial charge in [0.05, 0.1) is 6.10 Å². The maximum Gasteiger partial charge on any atom is 0.411 e. The van der Waals surface area contributed by atoms with Crippen molar-refractivity contribution in [2.45, 2.75) is 38.0 Å². The first-order valence-electron chi connectivity index (χ1n) is 4.91. The minimum atomic E-state index is -4.23. The second-order valence-corrected chi connectivity index (χ2v) is 3.74. The van der Waals surface area contributed by atoms with Crippen LogP contribution in [0.3, 0.4) is 0 Å². The molecule has 0 aromatic carbocycles. The van der Waals surface area contributed by atoms with Crippen LogP contribution in [0.15, 0.2) is 0 Å². The van der Waals surface area contributed by atoms with E-state index in [0.29, 0.717) is 13.0 Å². The highest BCUT2D eigenvalue weighted by atomic mass is 19.4. The Labute approximate surface area is 81.6 Å². The lowest BCUT2D eigenvalue weighted by Gasteiger charge is -2.30. The van der Waals surface area contributed by atoms with Gasteiger partial charge in [0, 0.05) is 0 Å². The molecular formula is C9H16F3NO. The van der Waals surface area contributed by atoms with Gasteiger partial charge in [0.15, 0.2) is 0 Å². The highest BCUT2D eigenvalue weighted by Gasteiger charge is 2.32. The van der Waals surface area contributed by atoms with Gasteiger partial charge in [-0.2, -0.15) is 13.2 Å². The van der Waals surface area contributed by atoms with Gasteiger partial charge >= 0.3 is 6.18 Å². The fourth-order valence-electron chi connectivity index (χ4n) is 1.86. The normalized spacial score (nSPS) is 29.1. The molecule has 0 aromatic heterocycles. The number of rotatable bonds is 3. The smallest absolute Gasteiger partial charge is 0.368 e. The molecule has 0 amide bonds. The molecule has 5 heteroatoms. The Morgan fingerprint density at radius 1 is 1.21 bits per heavy atom. The lowest BCUT2D eigenvalue weighted by Crippen LogP contribution is -2.35. The molecule has 84 valence electrons. The number of hydrogen-bond acceptors (Lipinski definition) is 2. The number of ether oxygens (including phenoxy) is 1. The molecule has 0 aromatic rings. The lowest BCUT2D eigenvalue weighted by atomic mass is 9.86. The molecule has 2 atom stereocenters. The van der Waals surface area contributed by atoms with E-state index in [2.05, 4.69) is 0 Å². The first-order valence-corrected chi connectivity index (χ1v) is 4.91. The number of alkyl halides is 3. The number of nitrogens with two attached hydrogens (primary N) is 1. The third-order valence-electron chi connectivity index (χ3n) is 2.60. The zero-order valence-corrected chi connectivity index (χ0v) is 8.02. The third kappa shape index (κ3) is 3.84. The average Bonchev–Trinajstić information content (AvgIpc) is 2.14. The van der Waals surface area contributed by atoms with E-state index in [0.717, 1.165) is 19.3 Å². The van der Waals surface area contributed by atoms with Gasteiger partial charge in [-0.1, -0.05) is 12.8 Å². The first-order chi connectivity index (χ1) is 6.53. The molecule has 1 saturated carbocycles. The molecule has 2 N–H and O–H groups in total. The Morgan fingerprint density at radius 3 is 2.43 bits per heavy atom. The second-order valence-electron chi connectivity index (χ2n) is 3.74. The van der Waals surface area contributed by atoms with Crippen LogP contribution in [0.1, 0.15) is 25.7 Å². The summed E-state index contributed by atoms with van der Waals surface area (Å²) in [6, 6.07) is 0. The van der Waals surface area contributed by atoms with E-state index in [-0.39, 0.29) is 12.0 Å². The largest absolute Gasteiger partial charge is 0.411 e. The van der Waals surface area contributed by atoms with Crippen molar-refractivity contribution in [3.8, 4) is 0 Å². The standard InChI is InChI=1S/C9H16F3NO/c10-9(11,12)6-14-8-4-2-1-3-7(8)5-13/h7-8H,1-6,13H2/t7-,8+/m0/s1. The summed E-state index contributed by atoms with van der Waals surface area (Å²) >= 11 is 0. The topological polar surface area (TPSA) is 35.2 Å². The van der Waals surface area contributed by atoms with Gasteiger partial charge in [-0.15, -0.1) is 0 Å². The van der Waals surface area contributed by atoms with E-state index >= 15 is 0 Å². The summed E-state index contributed by atoms with van der Waals surface area (Å²) < 4.78 is 40.5. The fraction of sp³-hybridized carbons (Fsp3) is 1.00. The highest BCUT2D eigenvalue weighted by molar-refractivity contribution is 4.76. The summed E-state index contributed by atoms with van der Waals surface area (Å²) in [5, 5.41) is 0. The summed E-state index contributed by atoms with van der Waals surface area (Å²) in [5.74, 6) is 0.103. The van der Waals surface area contributed by atoms with Crippen LogP contribution in [0.4, 0.5) is 13.2 Å². The molecule has 1 fully saturated rings. The van der Waals surface area contributed by atoms with Crippen LogP contribution in [-0.2, 0) is 4.74 Å². The van der Waals surface area contributed by atoms with Gasteiger partial charge in [0.2, 0.25) is 0 Å². The molecule has 0 aliphatic heterocycles. The molecule has 1 rings (SSSR count). The van der Waals surface area contributed by atoms with Crippen LogP contribution >= 0.6 is 0 Å². The predicted octanol–water partition coefficient (Wildman–Crippen LogP) is 2.08.